The van der Waals surface area contributed by atoms with Crippen molar-refractivity contribution in [1.82, 2.24) is 10.2 Å². The summed E-state index contributed by atoms with van der Waals surface area (Å²) in [4.78, 5) is 2.46. The molecular formula is C14H20BN3. The number of piperidine rings is 1. The van der Waals surface area contributed by atoms with E-state index in [1.807, 2.05) is 0 Å². The zero-order valence-corrected chi connectivity index (χ0v) is 10.8. The van der Waals surface area contributed by atoms with Gasteiger partial charge in [-0.1, -0.05) is 0 Å². The summed E-state index contributed by atoms with van der Waals surface area (Å²) >= 11 is 0. The van der Waals surface area contributed by atoms with Crippen LogP contribution >= 0.6 is 0 Å². The molecule has 0 amide bonds. The van der Waals surface area contributed by atoms with Crippen molar-refractivity contribution in [1.29, 1.82) is 0 Å². The summed E-state index contributed by atoms with van der Waals surface area (Å²) in [6, 6.07) is 9.19. The number of nitrogens with one attached hydrogen (secondary N) is 2. The first-order valence-corrected chi connectivity index (χ1v) is 6.86. The Morgan fingerprint density at radius 1 is 1.17 bits per heavy atom. The third kappa shape index (κ3) is 2.30. The second-order valence-electron chi connectivity index (χ2n) is 5.15. The van der Waals surface area contributed by atoms with Crippen LogP contribution in [0.4, 0.5) is 5.69 Å². The molecule has 0 unspecified atom stereocenters. The van der Waals surface area contributed by atoms with Crippen molar-refractivity contribution in [2.75, 3.05) is 25.0 Å². The van der Waals surface area contributed by atoms with Gasteiger partial charge in [0.15, 0.2) is 0 Å². The van der Waals surface area contributed by atoms with Gasteiger partial charge in [-0.3, -0.25) is 0 Å². The molecule has 0 spiro atoms. The van der Waals surface area contributed by atoms with Crippen LogP contribution in [0, 0.1) is 0 Å². The standard InChI is InChI=1S/C14H20BN3/c15-14-17-13-4-2-1-3-11(13)7-10-18(14)12-5-8-16-9-6-12/h1-4,12,15-17H,5-10H2. The van der Waals surface area contributed by atoms with Gasteiger partial charge < -0.3 is 0 Å². The van der Waals surface area contributed by atoms with Gasteiger partial charge in [0, 0.05) is 0 Å². The third-order valence-electron chi connectivity index (χ3n) is 4.01. The van der Waals surface area contributed by atoms with Crippen LogP contribution in [0.1, 0.15) is 18.4 Å². The van der Waals surface area contributed by atoms with Crippen LogP contribution in [-0.2, 0) is 6.42 Å². The summed E-state index contributed by atoms with van der Waals surface area (Å²) in [5.41, 5.74) is 3.68. The molecular weight excluding hydrogens is 221 g/mol. The fourth-order valence-electron chi connectivity index (χ4n) is 2.98. The number of nitrogens with zero attached hydrogens (tertiary/aromatic N) is 1. The second-order valence-corrected chi connectivity index (χ2v) is 5.15. The first-order chi connectivity index (χ1) is 8.84. The molecule has 0 bridgehead atoms. The Hall–Kier alpha value is -1.29. The number of hydrogen-bond acceptors (Lipinski definition) is 3. The van der Waals surface area contributed by atoms with E-state index in [0.29, 0.717) is 6.04 Å². The van der Waals surface area contributed by atoms with Crippen LogP contribution in [-0.4, -0.2) is 43.8 Å². The van der Waals surface area contributed by atoms with E-state index >= 15 is 0 Å². The predicted molar refractivity (Wildman–Crippen MR) is 78.5 cm³/mol. The van der Waals surface area contributed by atoms with Crippen molar-refractivity contribution in [2.24, 2.45) is 0 Å². The maximum absolute atomic E-state index is 4.22. The van der Waals surface area contributed by atoms with E-state index in [-0.39, 0.29) is 0 Å². The molecule has 2 aliphatic rings. The number of anilines is 1. The molecule has 2 heterocycles. The van der Waals surface area contributed by atoms with Crippen LogP contribution in [0.5, 0.6) is 0 Å². The summed E-state index contributed by atoms with van der Waals surface area (Å²) < 4.78 is 0. The Bertz CT molecular complexity index is 440. The molecule has 3 rings (SSSR count). The van der Waals surface area contributed by atoms with Gasteiger partial charge in [0.05, 0.1) is 0 Å². The monoisotopic (exact) mass is 241 g/mol. The molecule has 0 saturated carbocycles. The first-order valence-electron chi connectivity index (χ1n) is 6.86. The van der Waals surface area contributed by atoms with Crippen molar-refractivity contribution < 1.29 is 0 Å². The van der Waals surface area contributed by atoms with Gasteiger partial charge in [0.1, 0.15) is 0 Å². The van der Waals surface area contributed by atoms with Crippen LogP contribution in [0.25, 0.3) is 0 Å². The maximum atomic E-state index is 4.22. The fraction of sp³-hybridized carbons (Fsp3) is 0.500. The predicted octanol–water partition coefficient (Wildman–Crippen LogP) is 0.697. The average molecular weight is 241 g/mol. The molecule has 3 nitrogen and oxygen atoms in total. The van der Waals surface area contributed by atoms with Gasteiger partial charge in [0.2, 0.25) is 0 Å². The molecule has 94 valence electrons. The molecule has 0 radical (unpaired) electrons. The number of para-hydroxylation sites is 1. The SMILES string of the molecule is B=C1Nc2ccccc2CCN1C1CCNCC1. The molecule has 2 aliphatic heterocycles. The number of benzene rings is 1. The summed E-state index contributed by atoms with van der Waals surface area (Å²) in [6.07, 6.45) is 3.54. The van der Waals surface area contributed by atoms with E-state index in [2.05, 4.69) is 47.3 Å². The van der Waals surface area contributed by atoms with E-state index in [1.54, 1.807) is 0 Å². The van der Waals surface area contributed by atoms with E-state index in [1.165, 1.54) is 24.1 Å². The molecule has 1 aromatic carbocycles. The minimum absolute atomic E-state index is 0.639. The molecule has 1 aromatic rings. The van der Waals surface area contributed by atoms with Gasteiger partial charge in [-0.2, -0.15) is 0 Å². The molecule has 0 atom stereocenters. The zero-order valence-electron chi connectivity index (χ0n) is 10.8. The van der Waals surface area contributed by atoms with Crippen molar-refractivity contribution >= 4 is 18.9 Å². The first kappa shape index (κ1) is 11.8. The average Bonchev–Trinajstić information content (AvgIpc) is 2.58. The summed E-state index contributed by atoms with van der Waals surface area (Å²) in [5, 5.41) is 6.91. The van der Waals surface area contributed by atoms with Crippen molar-refractivity contribution in [3.05, 3.63) is 29.8 Å². The van der Waals surface area contributed by atoms with Gasteiger partial charge >= 0.3 is 109 Å². The zero-order chi connectivity index (χ0) is 12.4. The minimum atomic E-state index is 0.639. The van der Waals surface area contributed by atoms with Crippen LogP contribution in [0.2, 0.25) is 0 Å². The van der Waals surface area contributed by atoms with E-state index in [9.17, 15) is 0 Å². The Kier molecular flexibility index (Phi) is 3.37. The quantitative estimate of drug-likeness (QED) is 0.709. The van der Waals surface area contributed by atoms with Gasteiger partial charge in [-0.05, 0) is 0 Å². The molecule has 0 aromatic heterocycles. The fourth-order valence-corrected chi connectivity index (χ4v) is 2.98. The molecule has 4 heteroatoms. The van der Waals surface area contributed by atoms with Gasteiger partial charge in [0.25, 0.3) is 0 Å². The van der Waals surface area contributed by atoms with Crippen molar-refractivity contribution in [3.63, 3.8) is 0 Å². The number of rotatable bonds is 1. The molecule has 1 saturated heterocycles. The normalized spacial score (nSPS) is 21.1. The van der Waals surface area contributed by atoms with Crippen molar-refractivity contribution in [2.45, 2.75) is 25.3 Å². The van der Waals surface area contributed by atoms with Crippen molar-refractivity contribution in [3.8, 4) is 0 Å². The van der Waals surface area contributed by atoms with E-state index in [4.69, 9.17) is 0 Å². The summed E-state index contributed by atoms with van der Waals surface area (Å²) in [5.74, 6) is 0. The second kappa shape index (κ2) is 5.15. The van der Waals surface area contributed by atoms with Crippen LogP contribution in [0.15, 0.2) is 24.3 Å². The molecule has 0 aliphatic carbocycles. The Balaban J connectivity index is 1.78. The topological polar surface area (TPSA) is 27.3 Å². The Labute approximate surface area is 110 Å². The number of fused-ring (bicyclic) bond motifs is 1. The van der Waals surface area contributed by atoms with Gasteiger partial charge in [-0.15, -0.1) is 0 Å². The molecule has 18 heavy (non-hydrogen) atoms. The third-order valence-corrected chi connectivity index (χ3v) is 4.01. The van der Waals surface area contributed by atoms with Gasteiger partial charge in [-0.25, -0.2) is 0 Å². The summed E-state index contributed by atoms with van der Waals surface area (Å²) in [6.45, 7) is 3.33. The molecule has 2 N–H and O–H groups in total. The number of hydrogen-bond donors (Lipinski definition) is 2. The Morgan fingerprint density at radius 2 is 1.94 bits per heavy atom. The Morgan fingerprint density at radius 3 is 2.78 bits per heavy atom. The van der Waals surface area contributed by atoms with Crippen LogP contribution < -0.4 is 10.6 Å². The van der Waals surface area contributed by atoms with Crippen LogP contribution in [0.3, 0.4) is 0 Å². The van der Waals surface area contributed by atoms with E-state index < -0.39 is 0 Å². The van der Waals surface area contributed by atoms with E-state index in [0.717, 1.165) is 31.8 Å². The molecule has 1 fully saturated rings. The summed E-state index contributed by atoms with van der Waals surface area (Å²) in [7, 11) is 4.22.